The minimum atomic E-state index is -4.48. The molecule has 136 valence electrons. The zero-order valence-electron chi connectivity index (χ0n) is 13.4. The first-order valence-corrected chi connectivity index (χ1v) is 8.97. The summed E-state index contributed by atoms with van der Waals surface area (Å²) in [6, 6.07) is 9.80. The summed E-state index contributed by atoms with van der Waals surface area (Å²) in [5.74, 6) is 1.19. The third-order valence-corrected chi connectivity index (χ3v) is 5.59. The molecule has 2 heterocycles. The lowest BCUT2D eigenvalue weighted by Crippen LogP contribution is -2.08. The van der Waals surface area contributed by atoms with Crippen molar-refractivity contribution in [3.63, 3.8) is 0 Å². The molecule has 0 saturated heterocycles. The molecule has 0 amide bonds. The predicted octanol–water partition coefficient (Wildman–Crippen LogP) is 5.55. The van der Waals surface area contributed by atoms with Crippen molar-refractivity contribution in [2.45, 2.75) is 12.7 Å². The van der Waals surface area contributed by atoms with Gasteiger partial charge in [0.05, 0.1) is 13.7 Å². The van der Waals surface area contributed by atoms with Crippen molar-refractivity contribution in [2.24, 2.45) is 0 Å². The van der Waals surface area contributed by atoms with Crippen LogP contribution < -0.4 is 4.74 Å². The molecule has 3 aromatic rings. The highest BCUT2D eigenvalue weighted by Gasteiger charge is 2.32. The highest BCUT2D eigenvalue weighted by Crippen LogP contribution is 2.33. The Labute approximate surface area is 164 Å². The third-order valence-electron chi connectivity index (χ3n) is 3.70. The summed E-state index contributed by atoms with van der Waals surface area (Å²) < 4.78 is 46.6. The number of benzene rings is 1. The van der Waals surface area contributed by atoms with Gasteiger partial charge >= 0.3 is 6.18 Å². The number of halogens is 5. The van der Waals surface area contributed by atoms with E-state index in [2.05, 4.69) is 41.8 Å². The van der Waals surface area contributed by atoms with Crippen LogP contribution in [0, 0.1) is 0 Å². The van der Waals surface area contributed by atoms with Crippen LogP contribution in [0.4, 0.5) is 13.2 Å². The number of para-hydroxylation sites is 1. The second kappa shape index (κ2) is 7.40. The van der Waals surface area contributed by atoms with Crippen LogP contribution in [0.25, 0.3) is 11.4 Å². The Kier molecular flexibility index (Phi) is 5.38. The van der Waals surface area contributed by atoms with Crippen molar-refractivity contribution in [1.82, 2.24) is 14.5 Å². The maximum absolute atomic E-state index is 12.7. The molecule has 0 aliphatic rings. The Hall–Kier alpha value is -1.87. The second-order valence-electron chi connectivity index (χ2n) is 5.34. The fourth-order valence-corrected chi connectivity index (χ4v) is 3.23. The Morgan fingerprint density at radius 3 is 2.46 bits per heavy atom. The molecular weight excluding hydrogens is 479 g/mol. The quantitative estimate of drug-likeness (QED) is 0.481. The summed E-state index contributed by atoms with van der Waals surface area (Å²) in [6.07, 6.45) is -3.31. The number of alkyl halides is 3. The van der Waals surface area contributed by atoms with Crippen LogP contribution in [0.15, 0.2) is 51.8 Å². The minimum absolute atomic E-state index is 0.416. The van der Waals surface area contributed by atoms with Gasteiger partial charge in [-0.15, -0.1) is 0 Å². The van der Waals surface area contributed by atoms with Crippen molar-refractivity contribution < 1.29 is 17.9 Å². The standard InChI is InChI=1S/C17H12Br2F3N3O/c1-26-12-5-3-2-4-11(12)9-25-15(19)14(18)24-16(25)10-6-7-13(23-8-10)17(20,21)22/h2-8H,9H2,1H3. The van der Waals surface area contributed by atoms with Gasteiger partial charge in [-0.3, -0.25) is 4.98 Å². The molecule has 0 aliphatic heterocycles. The molecule has 3 rings (SSSR count). The lowest BCUT2D eigenvalue weighted by Gasteiger charge is -2.13. The molecule has 0 N–H and O–H groups in total. The number of aromatic nitrogens is 3. The summed E-state index contributed by atoms with van der Waals surface area (Å²) in [4.78, 5) is 7.91. The van der Waals surface area contributed by atoms with Crippen LogP contribution in [0.3, 0.4) is 0 Å². The number of hydrogen-bond acceptors (Lipinski definition) is 3. The molecule has 0 unspecified atom stereocenters. The van der Waals surface area contributed by atoms with E-state index in [9.17, 15) is 13.2 Å². The first kappa shape index (κ1) is 18.9. The molecule has 0 radical (unpaired) electrons. The monoisotopic (exact) mass is 489 g/mol. The van der Waals surface area contributed by atoms with Gasteiger partial charge in [-0.2, -0.15) is 13.2 Å². The van der Waals surface area contributed by atoms with Gasteiger partial charge in [-0.05, 0) is 50.1 Å². The highest BCUT2D eigenvalue weighted by molar-refractivity contribution is 9.13. The van der Waals surface area contributed by atoms with E-state index in [1.807, 2.05) is 28.8 Å². The summed E-state index contributed by atoms with van der Waals surface area (Å²) in [7, 11) is 1.58. The topological polar surface area (TPSA) is 39.9 Å². The Morgan fingerprint density at radius 2 is 1.85 bits per heavy atom. The number of pyridine rings is 1. The number of ether oxygens (including phenoxy) is 1. The SMILES string of the molecule is COc1ccccc1Cn1c(-c2ccc(C(F)(F)F)nc2)nc(Br)c1Br. The molecule has 0 aliphatic carbocycles. The largest absolute Gasteiger partial charge is 0.496 e. The van der Waals surface area contributed by atoms with E-state index >= 15 is 0 Å². The molecule has 9 heteroatoms. The van der Waals surface area contributed by atoms with E-state index in [0.717, 1.165) is 11.6 Å². The average molecular weight is 491 g/mol. The van der Waals surface area contributed by atoms with Gasteiger partial charge in [0.1, 0.15) is 26.5 Å². The Balaban J connectivity index is 2.03. The number of imidazole rings is 1. The van der Waals surface area contributed by atoms with Crippen molar-refractivity contribution in [3.8, 4) is 17.1 Å². The fraction of sp³-hybridized carbons (Fsp3) is 0.176. The van der Waals surface area contributed by atoms with Crippen LogP contribution in [-0.2, 0) is 12.7 Å². The van der Waals surface area contributed by atoms with Crippen molar-refractivity contribution in [1.29, 1.82) is 0 Å². The summed E-state index contributed by atoms with van der Waals surface area (Å²) in [5, 5.41) is 0. The molecule has 0 spiro atoms. The highest BCUT2D eigenvalue weighted by atomic mass is 79.9. The lowest BCUT2D eigenvalue weighted by molar-refractivity contribution is -0.141. The summed E-state index contributed by atoms with van der Waals surface area (Å²) >= 11 is 6.81. The number of methoxy groups -OCH3 is 1. The molecule has 0 saturated carbocycles. The van der Waals surface area contributed by atoms with E-state index in [1.54, 1.807) is 7.11 Å². The zero-order chi connectivity index (χ0) is 18.9. The molecule has 0 atom stereocenters. The molecular formula is C17H12Br2F3N3O. The van der Waals surface area contributed by atoms with E-state index in [4.69, 9.17) is 4.74 Å². The smallest absolute Gasteiger partial charge is 0.433 e. The van der Waals surface area contributed by atoms with Gasteiger partial charge in [0, 0.05) is 17.3 Å². The van der Waals surface area contributed by atoms with Gasteiger partial charge in [-0.25, -0.2) is 4.98 Å². The maximum Gasteiger partial charge on any atom is 0.433 e. The molecule has 0 bridgehead atoms. The fourth-order valence-electron chi connectivity index (χ4n) is 2.47. The Bertz CT molecular complexity index is 924. The van der Waals surface area contributed by atoms with E-state index < -0.39 is 11.9 Å². The van der Waals surface area contributed by atoms with Crippen molar-refractivity contribution in [3.05, 3.63) is 63.1 Å². The van der Waals surface area contributed by atoms with Crippen LogP contribution in [0.5, 0.6) is 5.75 Å². The van der Waals surface area contributed by atoms with Crippen molar-refractivity contribution >= 4 is 31.9 Å². The summed E-state index contributed by atoms with van der Waals surface area (Å²) in [5.41, 5.74) is 0.434. The van der Waals surface area contributed by atoms with Crippen LogP contribution in [0.1, 0.15) is 11.3 Å². The van der Waals surface area contributed by atoms with Gasteiger partial charge in [0.25, 0.3) is 0 Å². The molecule has 26 heavy (non-hydrogen) atoms. The van der Waals surface area contributed by atoms with Crippen LogP contribution >= 0.6 is 31.9 Å². The molecule has 2 aromatic heterocycles. The predicted molar refractivity (Wildman–Crippen MR) is 98.0 cm³/mol. The van der Waals surface area contributed by atoms with Gasteiger partial charge in [-0.1, -0.05) is 18.2 Å². The first-order valence-electron chi connectivity index (χ1n) is 7.38. The van der Waals surface area contributed by atoms with Crippen LogP contribution in [0.2, 0.25) is 0 Å². The number of hydrogen-bond donors (Lipinski definition) is 0. The number of rotatable bonds is 4. The second-order valence-corrected chi connectivity index (χ2v) is 6.85. The van der Waals surface area contributed by atoms with Gasteiger partial charge in [0.15, 0.2) is 0 Å². The average Bonchev–Trinajstić information content (AvgIpc) is 2.90. The third kappa shape index (κ3) is 3.78. The van der Waals surface area contributed by atoms with E-state index in [0.29, 0.717) is 32.9 Å². The Morgan fingerprint density at radius 1 is 1.12 bits per heavy atom. The van der Waals surface area contributed by atoms with Gasteiger partial charge < -0.3 is 9.30 Å². The van der Waals surface area contributed by atoms with E-state index in [-0.39, 0.29) is 0 Å². The molecule has 1 aromatic carbocycles. The molecule has 4 nitrogen and oxygen atoms in total. The van der Waals surface area contributed by atoms with E-state index in [1.165, 1.54) is 12.3 Å². The maximum atomic E-state index is 12.7. The lowest BCUT2D eigenvalue weighted by atomic mass is 10.2. The molecule has 0 fully saturated rings. The minimum Gasteiger partial charge on any atom is -0.496 e. The van der Waals surface area contributed by atoms with Crippen LogP contribution in [-0.4, -0.2) is 21.6 Å². The number of nitrogens with zero attached hydrogens (tertiary/aromatic N) is 3. The van der Waals surface area contributed by atoms with Gasteiger partial charge in [0.2, 0.25) is 0 Å². The zero-order valence-corrected chi connectivity index (χ0v) is 16.6. The summed E-state index contributed by atoms with van der Waals surface area (Å²) in [6.45, 7) is 0.416. The van der Waals surface area contributed by atoms with Crippen molar-refractivity contribution in [2.75, 3.05) is 7.11 Å². The normalized spacial score (nSPS) is 11.6. The first-order chi connectivity index (χ1) is 12.3.